The van der Waals surface area contributed by atoms with E-state index in [1.54, 1.807) is 33.1 Å². The molecule has 1 aliphatic carbocycles. The third-order valence-corrected chi connectivity index (χ3v) is 6.46. The Kier molecular flexibility index (Phi) is 7.64. The van der Waals surface area contributed by atoms with Gasteiger partial charge in [-0.05, 0) is 64.1 Å². The van der Waals surface area contributed by atoms with Crippen LogP contribution in [0.25, 0.3) is 0 Å². The van der Waals surface area contributed by atoms with Crippen molar-refractivity contribution < 1.29 is 38.1 Å². The summed E-state index contributed by atoms with van der Waals surface area (Å²) in [5.41, 5.74) is -3.34. The Balaban J connectivity index is 2.99. The highest BCUT2D eigenvalue weighted by Crippen LogP contribution is 2.54. The van der Waals surface area contributed by atoms with E-state index >= 15 is 0 Å². The van der Waals surface area contributed by atoms with Gasteiger partial charge in [0.25, 0.3) is 0 Å². The third-order valence-electron chi connectivity index (χ3n) is 5.42. The number of carbonyl (C=O) groups excluding carboxylic acids is 4. The molecule has 0 spiro atoms. The van der Waals surface area contributed by atoms with E-state index in [-0.39, 0.29) is 48.0 Å². The van der Waals surface area contributed by atoms with Crippen LogP contribution in [0.15, 0.2) is 22.6 Å². The fraction of sp³-hybridized carbons (Fsp3) is 0.545. The summed E-state index contributed by atoms with van der Waals surface area (Å²) in [6, 6.07) is 1.54. The molecule has 0 atom stereocenters. The average molecular weight is 453 g/mol. The summed E-state index contributed by atoms with van der Waals surface area (Å²) in [6.45, 7) is 9.70. The summed E-state index contributed by atoms with van der Waals surface area (Å²) in [5.74, 6) is -3.30. The smallest absolute Gasteiger partial charge is 0.333 e. The van der Waals surface area contributed by atoms with Gasteiger partial charge in [0.1, 0.15) is 0 Å². The van der Waals surface area contributed by atoms with Crippen LogP contribution < -0.4 is 0 Å². The Bertz CT molecular complexity index is 804. The molecule has 0 N–H and O–H groups in total. The molecule has 170 valence electrons. The quantitative estimate of drug-likeness (QED) is 0.257. The molecule has 0 saturated heterocycles. The van der Waals surface area contributed by atoms with E-state index in [9.17, 15) is 19.2 Å². The fourth-order valence-electron chi connectivity index (χ4n) is 3.97. The molecule has 31 heavy (non-hydrogen) atoms. The van der Waals surface area contributed by atoms with Crippen molar-refractivity contribution in [2.75, 3.05) is 26.4 Å². The molecule has 1 aliphatic rings. The second kappa shape index (κ2) is 9.64. The molecule has 9 heteroatoms. The van der Waals surface area contributed by atoms with E-state index in [0.29, 0.717) is 0 Å². The van der Waals surface area contributed by atoms with Gasteiger partial charge in [-0.2, -0.15) is 0 Å². The van der Waals surface area contributed by atoms with Crippen molar-refractivity contribution in [1.82, 2.24) is 0 Å². The predicted molar refractivity (Wildman–Crippen MR) is 113 cm³/mol. The van der Waals surface area contributed by atoms with Crippen LogP contribution in [0.1, 0.15) is 52.0 Å². The summed E-state index contributed by atoms with van der Waals surface area (Å²) in [7, 11) is 0. The first kappa shape index (κ1) is 24.6. The van der Waals surface area contributed by atoms with Gasteiger partial charge < -0.3 is 18.9 Å². The van der Waals surface area contributed by atoms with Crippen LogP contribution >= 0.6 is 11.3 Å². The van der Waals surface area contributed by atoms with Gasteiger partial charge in [-0.15, -0.1) is 11.3 Å². The SMILES string of the molecule is CCOC(=O)C1(C(=O)OCC)C(C)=C(C)C(C(=O)OCC)(C(=O)OCC)c2sccc21. The van der Waals surface area contributed by atoms with E-state index in [4.69, 9.17) is 18.9 Å². The molecule has 0 saturated carbocycles. The minimum absolute atomic E-state index is 0.0344. The second-order valence-corrected chi connectivity index (χ2v) is 7.71. The summed E-state index contributed by atoms with van der Waals surface area (Å²) < 4.78 is 21.1. The average Bonchev–Trinajstić information content (AvgIpc) is 3.20. The maximum atomic E-state index is 13.3. The van der Waals surface area contributed by atoms with Crippen molar-refractivity contribution >= 4 is 35.2 Å². The number of thiophene rings is 1. The number of esters is 4. The first-order valence-corrected chi connectivity index (χ1v) is 11.1. The first-order chi connectivity index (χ1) is 14.7. The molecular formula is C22H28O8S. The zero-order chi connectivity index (χ0) is 23.4. The van der Waals surface area contributed by atoms with Gasteiger partial charge in [0.15, 0.2) is 0 Å². The lowest BCUT2D eigenvalue weighted by atomic mass is 9.60. The van der Waals surface area contributed by atoms with Crippen LogP contribution in [0.4, 0.5) is 0 Å². The van der Waals surface area contributed by atoms with Gasteiger partial charge in [-0.3, -0.25) is 19.2 Å². The molecule has 0 radical (unpaired) electrons. The molecule has 0 amide bonds. The summed E-state index contributed by atoms with van der Waals surface area (Å²) in [4.78, 5) is 53.3. The maximum Gasteiger partial charge on any atom is 0.333 e. The predicted octanol–water partition coefficient (Wildman–Crippen LogP) is 2.83. The van der Waals surface area contributed by atoms with Crippen molar-refractivity contribution in [3.8, 4) is 0 Å². The number of hydrogen-bond acceptors (Lipinski definition) is 9. The molecule has 0 aliphatic heterocycles. The van der Waals surface area contributed by atoms with Gasteiger partial charge in [0.05, 0.1) is 26.4 Å². The standard InChI is InChI=1S/C22H28O8S/c1-7-27-17(23)21(18(24)28-8-2)13(5)14(6)22(19(25)29-9-3,20(26)30-10-4)16-15(21)11-12-31-16/h11-12H,7-10H2,1-6H3. The molecule has 2 rings (SSSR count). The lowest BCUT2D eigenvalue weighted by Crippen LogP contribution is -2.57. The lowest BCUT2D eigenvalue weighted by Gasteiger charge is -2.42. The largest absolute Gasteiger partial charge is 0.465 e. The highest BCUT2D eigenvalue weighted by molar-refractivity contribution is 7.10. The first-order valence-electron chi connectivity index (χ1n) is 10.2. The van der Waals surface area contributed by atoms with Crippen molar-refractivity contribution in [1.29, 1.82) is 0 Å². The molecule has 0 fully saturated rings. The number of carbonyl (C=O) groups is 4. The van der Waals surface area contributed by atoms with Gasteiger partial charge >= 0.3 is 23.9 Å². The number of rotatable bonds is 8. The van der Waals surface area contributed by atoms with Gasteiger partial charge in [0, 0.05) is 10.4 Å². The molecular weight excluding hydrogens is 424 g/mol. The van der Waals surface area contributed by atoms with Crippen LogP contribution in [0.3, 0.4) is 0 Å². The Morgan fingerprint density at radius 2 is 1.06 bits per heavy atom. The second-order valence-electron chi connectivity index (χ2n) is 6.80. The van der Waals surface area contributed by atoms with Crippen LogP contribution in [0, 0.1) is 0 Å². The van der Waals surface area contributed by atoms with E-state index < -0.39 is 34.7 Å². The van der Waals surface area contributed by atoms with E-state index in [1.165, 1.54) is 19.9 Å². The van der Waals surface area contributed by atoms with Crippen LogP contribution in [0.2, 0.25) is 0 Å². The molecule has 0 unspecified atom stereocenters. The van der Waals surface area contributed by atoms with E-state index in [2.05, 4.69) is 0 Å². The number of fused-ring (bicyclic) bond motifs is 1. The highest BCUT2D eigenvalue weighted by atomic mass is 32.1. The van der Waals surface area contributed by atoms with Crippen molar-refractivity contribution in [3.05, 3.63) is 33.0 Å². The topological polar surface area (TPSA) is 105 Å². The Morgan fingerprint density at radius 1 is 0.710 bits per heavy atom. The molecule has 1 aromatic rings. The highest BCUT2D eigenvalue weighted by Gasteiger charge is 2.66. The van der Waals surface area contributed by atoms with E-state index in [1.807, 2.05) is 0 Å². The minimum Gasteiger partial charge on any atom is -0.465 e. The summed E-state index contributed by atoms with van der Waals surface area (Å²) in [6.07, 6.45) is 0. The van der Waals surface area contributed by atoms with Gasteiger partial charge in [-0.25, -0.2) is 0 Å². The van der Waals surface area contributed by atoms with Gasteiger partial charge in [-0.1, -0.05) is 0 Å². The molecule has 0 bridgehead atoms. The Morgan fingerprint density at radius 3 is 1.45 bits per heavy atom. The summed E-state index contributed by atoms with van der Waals surface area (Å²) >= 11 is 1.07. The maximum absolute atomic E-state index is 13.3. The van der Waals surface area contributed by atoms with Crippen molar-refractivity contribution in [2.24, 2.45) is 0 Å². The number of hydrogen-bond donors (Lipinski definition) is 0. The van der Waals surface area contributed by atoms with Gasteiger partial charge in [0.2, 0.25) is 10.8 Å². The zero-order valence-corrected chi connectivity index (χ0v) is 19.5. The van der Waals surface area contributed by atoms with Crippen molar-refractivity contribution in [3.63, 3.8) is 0 Å². The third kappa shape index (κ3) is 3.44. The Hall–Kier alpha value is -2.68. The number of ether oxygens (including phenoxy) is 4. The monoisotopic (exact) mass is 452 g/mol. The normalized spacial score (nSPS) is 16.2. The Labute approximate surface area is 185 Å². The lowest BCUT2D eigenvalue weighted by molar-refractivity contribution is -0.167. The fourth-order valence-corrected chi connectivity index (χ4v) is 5.16. The minimum atomic E-state index is -1.94. The molecule has 0 aromatic carbocycles. The van der Waals surface area contributed by atoms with Crippen LogP contribution in [-0.2, 0) is 49.0 Å². The summed E-state index contributed by atoms with van der Waals surface area (Å²) in [5, 5.41) is 1.61. The zero-order valence-electron chi connectivity index (χ0n) is 18.7. The van der Waals surface area contributed by atoms with Crippen LogP contribution in [-0.4, -0.2) is 50.3 Å². The van der Waals surface area contributed by atoms with E-state index in [0.717, 1.165) is 11.3 Å². The van der Waals surface area contributed by atoms with Crippen LogP contribution in [0.5, 0.6) is 0 Å². The van der Waals surface area contributed by atoms with Crippen molar-refractivity contribution in [2.45, 2.75) is 52.4 Å². The molecule has 8 nitrogen and oxygen atoms in total. The molecule has 1 heterocycles. The molecule has 1 aromatic heterocycles.